The van der Waals surface area contributed by atoms with Gasteiger partial charge in [0.2, 0.25) is 0 Å². The SMILES string of the molecule is COc1cccc(C(C(=O)O)N(C)Cc2cscn2)c1. The van der Waals surface area contributed by atoms with E-state index in [4.69, 9.17) is 4.74 Å². The van der Waals surface area contributed by atoms with Crippen LogP contribution in [0.5, 0.6) is 5.75 Å². The number of hydrogen-bond donors (Lipinski definition) is 1. The largest absolute Gasteiger partial charge is 0.497 e. The van der Waals surface area contributed by atoms with Crippen LogP contribution in [-0.4, -0.2) is 35.1 Å². The second-order valence-electron chi connectivity index (χ2n) is 4.41. The summed E-state index contributed by atoms with van der Waals surface area (Å²) in [5.41, 5.74) is 3.30. The Morgan fingerprint density at radius 1 is 1.55 bits per heavy atom. The van der Waals surface area contributed by atoms with Gasteiger partial charge in [-0.15, -0.1) is 11.3 Å². The molecule has 2 rings (SSSR count). The molecule has 0 spiro atoms. The van der Waals surface area contributed by atoms with Gasteiger partial charge in [-0.2, -0.15) is 0 Å². The van der Waals surface area contributed by atoms with E-state index in [1.54, 1.807) is 48.8 Å². The molecule has 6 heteroatoms. The molecule has 0 aliphatic heterocycles. The van der Waals surface area contributed by atoms with E-state index in [1.807, 2.05) is 5.38 Å². The zero-order valence-electron chi connectivity index (χ0n) is 11.3. The standard InChI is InChI=1S/C14H16N2O3S/c1-16(7-11-8-20-9-15-11)13(14(17)18)10-4-3-5-12(6-10)19-2/h3-6,8-9,13H,7H2,1-2H3,(H,17,18). The zero-order chi connectivity index (χ0) is 14.5. The number of nitrogens with zero attached hydrogens (tertiary/aromatic N) is 2. The van der Waals surface area contributed by atoms with Crippen molar-refractivity contribution in [2.45, 2.75) is 12.6 Å². The van der Waals surface area contributed by atoms with Crippen molar-refractivity contribution in [2.24, 2.45) is 0 Å². The van der Waals surface area contributed by atoms with Gasteiger partial charge in [-0.1, -0.05) is 12.1 Å². The van der Waals surface area contributed by atoms with Crippen molar-refractivity contribution < 1.29 is 14.6 Å². The van der Waals surface area contributed by atoms with E-state index >= 15 is 0 Å². The van der Waals surface area contributed by atoms with Gasteiger partial charge in [0.15, 0.2) is 0 Å². The molecule has 2 aromatic rings. The fourth-order valence-corrected chi connectivity index (χ4v) is 2.61. The summed E-state index contributed by atoms with van der Waals surface area (Å²) in [5.74, 6) is -0.244. The first-order chi connectivity index (χ1) is 9.61. The number of benzene rings is 1. The van der Waals surface area contributed by atoms with E-state index < -0.39 is 12.0 Å². The van der Waals surface area contributed by atoms with Crippen LogP contribution in [0.25, 0.3) is 0 Å². The molecule has 0 radical (unpaired) electrons. The Hall–Kier alpha value is -1.92. The van der Waals surface area contributed by atoms with Gasteiger partial charge < -0.3 is 9.84 Å². The van der Waals surface area contributed by atoms with Gasteiger partial charge in [-0.25, -0.2) is 4.98 Å². The number of rotatable bonds is 6. The molecule has 0 aliphatic rings. The molecule has 1 atom stereocenters. The number of carboxylic acids is 1. The Balaban J connectivity index is 2.23. The maximum atomic E-state index is 11.6. The van der Waals surface area contributed by atoms with Crippen LogP contribution in [0.4, 0.5) is 0 Å². The summed E-state index contributed by atoms with van der Waals surface area (Å²) in [6.45, 7) is 0.484. The number of thiazole rings is 1. The second-order valence-corrected chi connectivity index (χ2v) is 5.13. The number of likely N-dealkylation sites (N-methyl/N-ethyl adjacent to an activating group) is 1. The number of carboxylic acid groups (broad SMARTS) is 1. The number of hydrogen-bond acceptors (Lipinski definition) is 5. The molecular weight excluding hydrogens is 276 g/mol. The number of ether oxygens (including phenoxy) is 1. The van der Waals surface area contributed by atoms with Crippen LogP contribution in [0.3, 0.4) is 0 Å². The quantitative estimate of drug-likeness (QED) is 0.886. The van der Waals surface area contributed by atoms with Crippen molar-refractivity contribution in [3.8, 4) is 5.75 Å². The molecule has 0 bridgehead atoms. The van der Waals surface area contributed by atoms with Crippen LogP contribution in [0, 0.1) is 0 Å². The summed E-state index contributed by atoms with van der Waals surface area (Å²) in [7, 11) is 3.34. The van der Waals surface area contributed by atoms with Gasteiger partial charge >= 0.3 is 5.97 Å². The molecular formula is C14H16N2O3S. The minimum Gasteiger partial charge on any atom is -0.497 e. The van der Waals surface area contributed by atoms with E-state index in [2.05, 4.69) is 4.98 Å². The highest BCUT2D eigenvalue weighted by molar-refractivity contribution is 7.07. The lowest BCUT2D eigenvalue weighted by Gasteiger charge is -2.24. The Labute approximate surface area is 121 Å². The molecule has 1 N–H and O–H groups in total. The average molecular weight is 292 g/mol. The molecule has 20 heavy (non-hydrogen) atoms. The number of methoxy groups -OCH3 is 1. The predicted molar refractivity (Wildman–Crippen MR) is 77.0 cm³/mol. The van der Waals surface area contributed by atoms with Gasteiger partial charge in [0.25, 0.3) is 0 Å². The number of carbonyl (C=O) groups is 1. The summed E-state index contributed by atoms with van der Waals surface area (Å²) in [5, 5.41) is 11.4. The van der Waals surface area contributed by atoms with Gasteiger partial charge in [0.1, 0.15) is 11.8 Å². The lowest BCUT2D eigenvalue weighted by atomic mass is 10.1. The average Bonchev–Trinajstić information content (AvgIpc) is 2.91. The molecule has 0 fully saturated rings. The first-order valence-electron chi connectivity index (χ1n) is 6.06. The highest BCUT2D eigenvalue weighted by Crippen LogP contribution is 2.25. The molecule has 0 saturated heterocycles. The monoisotopic (exact) mass is 292 g/mol. The number of aliphatic carboxylic acids is 1. The van der Waals surface area contributed by atoms with Crippen LogP contribution < -0.4 is 4.74 Å². The first-order valence-corrected chi connectivity index (χ1v) is 7.00. The molecule has 5 nitrogen and oxygen atoms in total. The Kier molecular flexibility index (Phi) is 4.70. The molecule has 1 aromatic carbocycles. The minimum atomic E-state index is -0.893. The third kappa shape index (κ3) is 3.34. The Bertz CT molecular complexity index is 572. The van der Waals surface area contributed by atoms with Crippen LogP contribution in [-0.2, 0) is 11.3 Å². The lowest BCUT2D eigenvalue weighted by molar-refractivity contribution is -0.143. The van der Waals surface area contributed by atoms with E-state index in [9.17, 15) is 9.90 Å². The molecule has 0 aliphatic carbocycles. The molecule has 1 heterocycles. The molecule has 106 valence electrons. The van der Waals surface area contributed by atoms with E-state index in [0.717, 1.165) is 5.69 Å². The summed E-state index contributed by atoms with van der Waals surface area (Å²) >= 11 is 1.50. The van der Waals surface area contributed by atoms with Crippen molar-refractivity contribution in [1.29, 1.82) is 0 Å². The minimum absolute atomic E-state index is 0.484. The fourth-order valence-electron chi connectivity index (χ4n) is 2.06. The van der Waals surface area contributed by atoms with Crippen LogP contribution in [0.1, 0.15) is 17.3 Å². The van der Waals surface area contributed by atoms with E-state index in [1.165, 1.54) is 11.3 Å². The summed E-state index contributed by atoms with van der Waals surface area (Å²) in [6, 6.07) is 6.39. The Morgan fingerprint density at radius 2 is 2.35 bits per heavy atom. The molecule has 0 amide bonds. The topological polar surface area (TPSA) is 62.7 Å². The summed E-state index contributed by atoms with van der Waals surface area (Å²) < 4.78 is 5.15. The van der Waals surface area contributed by atoms with E-state index in [0.29, 0.717) is 17.9 Å². The van der Waals surface area contributed by atoms with Gasteiger partial charge in [0, 0.05) is 11.9 Å². The lowest BCUT2D eigenvalue weighted by Crippen LogP contribution is -2.30. The number of aromatic nitrogens is 1. The smallest absolute Gasteiger partial charge is 0.325 e. The third-order valence-electron chi connectivity index (χ3n) is 2.98. The van der Waals surface area contributed by atoms with Crippen molar-refractivity contribution in [1.82, 2.24) is 9.88 Å². The maximum absolute atomic E-state index is 11.6. The third-order valence-corrected chi connectivity index (χ3v) is 3.61. The molecule has 1 unspecified atom stereocenters. The van der Waals surface area contributed by atoms with Crippen molar-refractivity contribution in [3.05, 3.63) is 46.4 Å². The van der Waals surface area contributed by atoms with Crippen LogP contribution >= 0.6 is 11.3 Å². The normalized spacial score (nSPS) is 12.3. The summed E-state index contributed by atoms with van der Waals surface area (Å²) in [4.78, 5) is 17.5. The van der Waals surface area contributed by atoms with Gasteiger partial charge in [-0.05, 0) is 24.7 Å². The van der Waals surface area contributed by atoms with Crippen LogP contribution in [0.15, 0.2) is 35.2 Å². The van der Waals surface area contributed by atoms with E-state index in [-0.39, 0.29) is 0 Å². The predicted octanol–water partition coefficient (Wildman–Crippen LogP) is 2.41. The van der Waals surface area contributed by atoms with Gasteiger partial charge in [-0.3, -0.25) is 9.69 Å². The highest BCUT2D eigenvalue weighted by atomic mass is 32.1. The zero-order valence-corrected chi connectivity index (χ0v) is 12.1. The second kappa shape index (κ2) is 6.49. The van der Waals surface area contributed by atoms with Crippen LogP contribution in [0.2, 0.25) is 0 Å². The van der Waals surface area contributed by atoms with Crippen molar-refractivity contribution in [2.75, 3.05) is 14.2 Å². The summed E-state index contributed by atoms with van der Waals surface area (Å²) in [6.07, 6.45) is 0. The first kappa shape index (κ1) is 14.5. The maximum Gasteiger partial charge on any atom is 0.325 e. The van der Waals surface area contributed by atoms with Gasteiger partial charge in [0.05, 0.1) is 18.3 Å². The van der Waals surface area contributed by atoms with Crippen molar-refractivity contribution in [3.63, 3.8) is 0 Å². The fraction of sp³-hybridized carbons (Fsp3) is 0.286. The highest BCUT2D eigenvalue weighted by Gasteiger charge is 2.25. The Morgan fingerprint density at radius 3 is 2.95 bits per heavy atom. The molecule has 1 aromatic heterocycles. The van der Waals surface area contributed by atoms with Crippen molar-refractivity contribution >= 4 is 17.3 Å². The molecule has 0 saturated carbocycles.